The summed E-state index contributed by atoms with van der Waals surface area (Å²) in [5.41, 5.74) is 7.49. The van der Waals surface area contributed by atoms with E-state index < -0.39 is 0 Å². The lowest BCUT2D eigenvalue weighted by molar-refractivity contribution is -1.07. The van der Waals surface area contributed by atoms with Gasteiger partial charge in [-0.2, -0.15) is 0 Å². The van der Waals surface area contributed by atoms with Gasteiger partial charge in [-0.3, -0.25) is 4.79 Å². The number of nitrogens with two attached hydrogens (primary N) is 1. The average Bonchev–Trinajstić information content (AvgIpc) is 2.56. The van der Waals surface area contributed by atoms with Gasteiger partial charge in [0, 0.05) is 12.1 Å². The maximum atomic E-state index is 11.3. The highest BCUT2D eigenvalue weighted by Crippen LogP contribution is 2.25. The SMILES string of the molecule is C[N+]12CC[N+](CCc3ccc(NC(=O)CN)cc3)(CC1)CC2. The Labute approximate surface area is 132 Å². The molecule has 3 fully saturated rings. The summed E-state index contributed by atoms with van der Waals surface area (Å²) in [4.78, 5) is 11.3. The highest BCUT2D eigenvalue weighted by Gasteiger charge is 2.46. The van der Waals surface area contributed by atoms with Crippen LogP contribution in [-0.2, 0) is 11.2 Å². The largest absolute Gasteiger partial charge is 0.325 e. The molecule has 0 atom stereocenters. The average molecular weight is 304 g/mol. The Morgan fingerprint density at radius 1 is 1.09 bits per heavy atom. The van der Waals surface area contributed by atoms with Crippen LogP contribution < -0.4 is 11.1 Å². The fourth-order valence-electron chi connectivity index (χ4n) is 3.70. The van der Waals surface area contributed by atoms with E-state index in [0.29, 0.717) is 0 Å². The molecule has 0 aliphatic carbocycles. The van der Waals surface area contributed by atoms with E-state index in [2.05, 4.69) is 24.5 Å². The second-order valence-corrected chi connectivity index (χ2v) is 7.23. The minimum atomic E-state index is -0.145. The molecular formula is C17H28N4O+2. The van der Waals surface area contributed by atoms with Crippen LogP contribution in [0.2, 0.25) is 0 Å². The Morgan fingerprint density at radius 2 is 1.68 bits per heavy atom. The lowest BCUT2D eigenvalue weighted by Gasteiger charge is -2.54. The summed E-state index contributed by atoms with van der Waals surface area (Å²) < 4.78 is 2.59. The van der Waals surface area contributed by atoms with E-state index in [-0.39, 0.29) is 12.5 Å². The molecule has 1 aromatic rings. The molecule has 3 N–H and O–H groups in total. The molecule has 5 nitrogen and oxygen atoms in total. The molecular weight excluding hydrogens is 276 g/mol. The van der Waals surface area contributed by atoms with Crippen LogP contribution in [0.15, 0.2) is 24.3 Å². The molecule has 3 saturated heterocycles. The van der Waals surface area contributed by atoms with Crippen molar-refractivity contribution in [2.45, 2.75) is 6.42 Å². The van der Waals surface area contributed by atoms with Crippen LogP contribution in [0.4, 0.5) is 5.69 Å². The number of piperazine rings is 3. The number of rotatable bonds is 5. The smallest absolute Gasteiger partial charge is 0.238 e. The van der Waals surface area contributed by atoms with Crippen LogP contribution in [0, 0.1) is 0 Å². The number of hydrogen-bond donors (Lipinski definition) is 2. The topological polar surface area (TPSA) is 55.1 Å². The number of likely N-dealkylation sites (N-methyl/N-ethyl adjacent to an activating group) is 1. The molecule has 120 valence electrons. The van der Waals surface area contributed by atoms with Gasteiger partial charge in [-0.15, -0.1) is 0 Å². The number of carbonyl (C=O) groups excluding carboxylic acids is 1. The summed E-state index contributed by atoms with van der Waals surface area (Å²) in [6.07, 6.45) is 1.12. The minimum Gasteiger partial charge on any atom is -0.325 e. The summed E-state index contributed by atoms with van der Waals surface area (Å²) in [7, 11) is 2.40. The number of amides is 1. The minimum absolute atomic E-state index is 0.0270. The number of nitrogens with zero attached hydrogens (tertiary/aromatic N) is 2. The zero-order valence-corrected chi connectivity index (χ0v) is 13.6. The molecule has 1 amide bonds. The predicted molar refractivity (Wildman–Crippen MR) is 88.3 cm³/mol. The van der Waals surface area contributed by atoms with Crippen molar-refractivity contribution in [3.8, 4) is 0 Å². The van der Waals surface area contributed by atoms with Gasteiger partial charge in [-0.05, 0) is 17.7 Å². The van der Waals surface area contributed by atoms with Crippen molar-refractivity contribution in [3.63, 3.8) is 0 Å². The Bertz CT molecular complexity index is 516. The number of hydrogen-bond acceptors (Lipinski definition) is 2. The summed E-state index contributed by atoms with van der Waals surface area (Å²) >= 11 is 0. The molecule has 4 rings (SSSR count). The zero-order valence-electron chi connectivity index (χ0n) is 13.6. The monoisotopic (exact) mass is 304 g/mol. The van der Waals surface area contributed by atoms with Crippen molar-refractivity contribution >= 4 is 11.6 Å². The van der Waals surface area contributed by atoms with Gasteiger partial charge in [-0.25, -0.2) is 0 Å². The molecule has 0 spiro atoms. The van der Waals surface area contributed by atoms with Gasteiger partial charge in [0.25, 0.3) is 0 Å². The van der Waals surface area contributed by atoms with Crippen LogP contribution >= 0.6 is 0 Å². The van der Waals surface area contributed by atoms with E-state index >= 15 is 0 Å². The lowest BCUT2D eigenvalue weighted by Crippen LogP contribution is -2.73. The fraction of sp³-hybridized carbons (Fsp3) is 0.588. The molecule has 0 radical (unpaired) electrons. The van der Waals surface area contributed by atoms with Crippen molar-refractivity contribution in [3.05, 3.63) is 29.8 Å². The number of fused-ring (bicyclic) bond motifs is 3. The number of nitrogens with one attached hydrogen (secondary N) is 1. The maximum absolute atomic E-state index is 11.3. The number of anilines is 1. The number of carbonyl (C=O) groups is 1. The van der Waals surface area contributed by atoms with Gasteiger partial charge in [-0.1, -0.05) is 12.1 Å². The van der Waals surface area contributed by atoms with Gasteiger partial charge in [0.05, 0.1) is 20.1 Å². The van der Waals surface area contributed by atoms with Crippen LogP contribution in [-0.4, -0.2) is 74.3 Å². The van der Waals surface area contributed by atoms with Gasteiger partial charge < -0.3 is 20.0 Å². The normalized spacial score (nSPS) is 30.3. The molecule has 3 aliphatic heterocycles. The number of quaternary nitrogens is 2. The molecule has 2 bridgehead atoms. The third-order valence-corrected chi connectivity index (χ3v) is 5.64. The second kappa shape index (κ2) is 5.99. The van der Waals surface area contributed by atoms with E-state index in [4.69, 9.17) is 5.73 Å². The Kier molecular flexibility index (Phi) is 4.21. The molecule has 0 unspecified atom stereocenters. The molecule has 3 aliphatic rings. The Morgan fingerprint density at radius 3 is 2.23 bits per heavy atom. The first kappa shape index (κ1) is 15.5. The maximum Gasteiger partial charge on any atom is 0.238 e. The third kappa shape index (κ3) is 3.32. The first-order chi connectivity index (χ1) is 10.5. The molecule has 0 aromatic heterocycles. The standard InChI is InChI=1S/C17H27N4O/c1-20-8-11-21(12-9-20,13-10-20)7-6-15-2-4-16(5-3-15)19-17(22)14-18/h2-5H,6-14,18H2,1H3/q+1/p+1. The van der Waals surface area contributed by atoms with Crippen LogP contribution in [0.3, 0.4) is 0 Å². The Balaban J connectivity index is 1.54. The molecule has 1 aromatic carbocycles. The summed E-state index contributed by atoms with van der Waals surface area (Å²) in [6.45, 7) is 9.29. The first-order valence-electron chi connectivity index (χ1n) is 8.30. The van der Waals surface area contributed by atoms with Crippen LogP contribution in [0.5, 0.6) is 0 Å². The molecule has 5 heteroatoms. The molecule has 3 heterocycles. The van der Waals surface area contributed by atoms with Gasteiger partial charge >= 0.3 is 0 Å². The highest BCUT2D eigenvalue weighted by molar-refractivity contribution is 5.92. The summed E-state index contributed by atoms with van der Waals surface area (Å²) in [6, 6.07) is 8.20. The fourth-order valence-corrected chi connectivity index (χ4v) is 3.70. The molecule has 0 saturated carbocycles. The van der Waals surface area contributed by atoms with E-state index in [1.54, 1.807) is 0 Å². The predicted octanol–water partition coefficient (Wildman–Crippen LogP) is 0.417. The molecule has 22 heavy (non-hydrogen) atoms. The van der Waals surface area contributed by atoms with Gasteiger partial charge in [0.2, 0.25) is 5.91 Å². The lowest BCUT2D eigenvalue weighted by atomic mass is 10.1. The van der Waals surface area contributed by atoms with E-state index in [1.165, 1.54) is 60.3 Å². The van der Waals surface area contributed by atoms with E-state index in [0.717, 1.165) is 12.1 Å². The van der Waals surface area contributed by atoms with Crippen LogP contribution in [0.25, 0.3) is 0 Å². The second-order valence-electron chi connectivity index (χ2n) is 7.23. The quantitative estimate of drug-likeness (QED) is 0.775. The third-order valence-electron chi connectivity index (χ3n) is 5.64. The Hall–Kier alpha value is -1.43. The van der Waals surface area contributed by atoms with E-state index in [9.17, 15) is 4.79 Å². The first-order valence-corrected chi connectivity index (χ1v) is 8.30. The summed E-state index contributed by atoms with van der Waals surface area (Å²) in [5.74, 6) is -0.145. The van der Waals surface area contributed by atoms with Gasteiger partial charge in [0.15, 0.2) is 0 Å². The van der Waals surface area contributed by atoms with Crippen molar-refractivity contribution < 1.29 is 13.8 Å². The highest BCUT2D eigenvalue weighted by atomic mass is 16.1. The van der Waals surface area contributed by atoms with Crippen molar-refractivity contribution in [2.75, 3.05) is 64.7 Å². The van der Waals surface area contributed by atoms with E-state index in [1.807, 2.05) is 12.1 Å². The van der Waals surface area contributed by atoms with Gasteiger partial charge in [0.1, 0.15) is 39.3 Å². The summed E-state index contributed by atoms with van der Waals surface area (Å²) in [5, 5.41) is 2.78. The van der Waals surface area contributed by atoms with Crippen LogP contribution in [0.1, 0.15) is 5.56 Å². The van der Waals surface area contributed by atoms with Crippen molar-refractivity contribution in [1.82, 2.24) is 0 Å². The van der Waals surface area contributed by atoms with Crippen molar-refractivity contribution in [1.29, 1.82) is 0 Å². The number of benzene rings is 1. The zero-order chi connectivity index (χ0) is 15.6. The van der Waals surface area contributed by atoms with Crippen molar-refractivity contribution in [2.24, 2.45) is 5.73 Å².